The second kappa shape index (κ2) is 10.8. The number of methoxy groups -OCH3 is 1. The molecule has 1 amide bonds. The molecule has 0 spiro atoms. The summed E-state index contributed by atoms with van der Waals surface area (Å²) >= 11 is 0. The predicted molar refractivity (Wildman–Crippen MR) is 106 cm³/mol. The number of carbonyl (C=O) groups is 3. The van der Waals surface area contributed by atoms with E-state index in [1.807, 2.05) is 31.2 Å². The van der Waals surface area contributed by atoms with Crippen LogP contribution in [0.15, 0.2) is 24.3 Å². The fourth-order valence-electron chi connectivity index (χ4n) is 3.43. The molecule has 1 heterocycles. The Morgan fingerprint density at radius 2 is 2.04 bits per heavy atom. The zero-order valence-corrected chi connectivity index (χ0v) is 16.9. The highest BCUT2D eigenvalue weighted by Crippen LogP contribution is 2.27. The Balaban J connectivity index is 2.26. The molecule has 0 radical (unpaired) electrons. The van der Waals surface area contributed by atoms with Gasteiger partial charge >= 0.3 is 11.9 Å². The van der Waals surface area contributed by atoms with Gasteiger partial charge in [-0.25, -0.2) is 0 Å². The Hall–Kier alpha value is -2.41. The van der Waals surface area contributed by atoms with Crippen molar-refractivity contribution in [3.05, 3.63) is 29.8 Å². The number of nitrogens with one attached hydrogen (secondary N) is 1. The molecular weight excluding hydrogens is 360 g/mol. The quantitative estimate of drug-likeness (QED) is 0.651. The molecule has 0 fully saturated rings. The second-order valence-corrected chi connectivity index (χ2v) is 6.83. The first-order valence-electron chi connectivity index (χ1n) is 9.90. The smallest absolute Gasteiger partial charge is 0.326 e. The third-order valence-electron chi connectivity index (χ3n) is 4.88. The van der Waals surface area contributed by atoms with Gasteiger partial charge in [-0.2, -0.15) is 0 Å². The number of rotatable bonds is 9. The summed E-state index contributed by atoms with van der Waals surface area (Å²) in [6.45, 7) is 3.88. The molecule has 1 aromatic carbocycles. The Labute approximate surface area is 166 Å². The average Bonchev–Trinajstić information content (AvgIpc) is 2.82. The van der Waals surface area contributed by atoms with Crippen LogP contribution in [0.4, 0.5) is 5.69 Å². The number of unbranched alkanes of at least 4 members (excludes halogenated alkanes) is 1. The molecule has 1 N–H and O–H groups in total. The van der Waals surface area contributed by atoms with Gasteiger partial charge in [-0.3, -0.25) is 24.6 Å². The molecule has 1 aromatic rings. The van der Waals surface area contributed by atoms with Crippen molar-refractivity contribution in [2.24, 2.45) is 0 Å². The number of para-hydroxylation sites is 1. The van der Waals surface area contributed by atoms with Crippen LogP contribution in [-0.2, 0) is 30.3 Å². The summed E-state index contributed by atoms with van der Waals surface area (Å²) in [5.74, 6) is -1.06. The van der Waals surface area contributed by atoms with Gasteiger partial charge in [0.05, 0.1) is 19.8 Å². The zero-order chi connectivity index (χ0) is 20.5. The van der Waals surface area contributed by atoms with Crippen molar-refractivity contribution >= 4 is 23.5 Å². The van der Waals surface area contributed by atoms with Crippen LogP contribution in [0, 0.1) is 0 Å². The van der Waals surface area contributed by atoms with Crippen molar-refractivity contribution in [2.75, 3.05) is 25.2 Å². The number of carbonyl (C=O) groups excluding carboxylic acids is 3. The molecule has 0 aromatic heterocycles. The summed E-state index contributed by atoms with van der Waals surface area (Å²) < 4.78 is 9.95. The van der Waals surface area contributed by atoms with E-state index in [-0.39, 0.29) is 25.0 Å². The van der Waals surface area contributed by atoms with Crippen molar-refractivity contribution in [3.8, 4) is 0 Å². The highest BCUT2D eigenvalue weighted by atomic mass is 16.5. The van der Waals surface area contributed by atoms with Crippen LogP contribution < -0.4 is 10.2 Å². The summed E-state index contributed by atoms with van der Waals surface area (Å²) in [5, 5.41) is 3.18. The molecular formula is C21H30N2O5. The van der Waals surface area contributed by atoms with Crippen molar-refractivity contribution < 1.29 is 23.9 Å². The van der Waals surface area contributed by atoms with E-state index in [9.17, 15) is 14.4 Å². The number of esters is 2. The maximum absolute atomic E-state index is 13.3. The molecule has 7 nitrogen and oxygen atoms in total. The van der Waals surface area contributed by atoms with Gasteiger partial charge < -0.3 is 9.47 Å². The molecule has 28 heavy (non-hydrogen) atoms. The van der Waals surface area contributed by atoms with Crippen molar-refractivity contribution in [2.45, 2.75) is 58.0 Å². The number of hydrogen-bond acceptors (Lipinski definition) is 6. The number of ether oxygens (including phenoxy) is 2. The Kier molecular flexibility index (Phi) is 8.44. The Bertz CT molecular complexity index is 691. The minimum absolute atomic E-state index is 0.153. The summed E-state index contributed by atoms with van der Waals surface area (Å²) in [7, 11) is 1.35. The van der Waals surface area contributed by atoms with Crippen molar-refractivity contribution in [1.82, 2.24) is 5.32 Å². The van der Waals surface area contributed by atoms with Crippen molar-refractivity contribution in [1.29, 1.82) is 0 Å². The molecule has 1 aliphatic rings. The van der Waals surface area contributed by atoms with Gasteiger partial charge in [0.15, 0.2) is 0 Å². The maximum atomic E-state index is 13.3. The molecule has 0 aliphatic carbocycles. The van der Waals surface area contributed by atoms with Gasteiger partial charge in [0.1, 0.15) is 12.6 Å². The van der Waals surface area contributed by atoms with Crippen LogP contribution in [-0.4, -0.2) is 50.2 Å². The summed E-state index contributed by atoms with van der Waals surface area (Å²) in [4.78, 5) is 39.0. The minimum Gasteiger partial charge on any atom is -0.468 e. The summed E-state index contributed by atoms with van der Waals surface area (Å²) in [5.41, 5.74) is 1.71. The normalized spacial score (nSPS) is 17.5. The van der Waals surface area contributed by atoms with Crippen LogP contribution in [0.3, 0.4) is 0 Å². The second-order valence-electron chi connectivity index (χ2n) is 6.83. The predicted octanol–water partition coefficient (Wildman–Crippen LogP) is 2.22. The van der Waals surface area contributed by atoms with E-state index in [0.717, 1.165) is 18.4 Å². The monoisotopic (exact) mass is 390 g/mol. The molecule has 0 saturated carbocycles. The highest BCUT2D eigenvalue weighted by molar-refractivity contribution is 6.02. The van der Waals surface area contributed by atoms with Gasteiger partial charge in [0.25, 0.3) is 0 Å². The van der Waals surface area contributed by atoms with Gasteiger partial charge in [-0.1, -0.05) is 38.0 Å². The van der Waals surface area contributed by atoms with Crippen LogP contribution in [0.2, 0.25) is 0 Å². The Morgan fingerprint density at radius 3 is 2.71 bits per heavy atom. The SMILES string of the molecule is CCCCC(NC1CCc2ccccc2N(CC(=O)OCC)C1=O)C(=O)OC. The zero-order valence-electron chi connectivity index (χ0n) is 16.9. The number of amides is 1. The molecule has 1 aliphatic heterocycles. The average molecular weight is 390 g/mol. The first-order chi connectivity index (χ1) is 13.5. The first kappa shape index (κ1) is 21.9. The summed E-state index contributed by atoms with van der Waals surface area (Å²) in [6.07, 6.45) is 3.59. The van der Waals surface area contributed by atoms with E-state index < -0.39 is 18.1 Å². The molecule has 2 atom stereocenters. The minimum atomic E-state index is -0.581. The van der Waals surface area contributed by atoms with E-state index in [4.69, 9.17) is 9.47 Å². The van der Waals surface area contributed by atoms with Crippen LogP contribution in [0.25, 0.3) is 0 Å². The molecule has 154 valence electrons. The largest absolute Gasteiger partial charge is 0.468 e. The van der Waals surface area contributed by atoms with Crippen LogP contribution in [0.5, 0.6) is 0 Å². The number of fused-ring (bicyclic) bond motifs is 1. The van der Waals surface area contributed by atoms with E-state index in [1.54, 1.807) is 6.92 Å². The topological polar surface area (TPSA) is 84.9 Å². The molecule has 0 saturated heterocycles. The lowest BCUT2D eigenvalue weighted by molar-refractivity contribution is -0.144. The number of anilines is 1. The number of hydrogen-bond donors (Lipinski definition) is 1. The number of nitrogens with zero attached hydrogens (tertiary/aromatic N) is 1. The molecule has 2 unspecified atom stereocenters. The van der Waals surface area contributed by atoms with E-state index in [2.05, 4.69) is 5.32 Å². The van der Waals surface area contributed by atoms with Gasteiger partial charge in [-0.05, 0) is 37.8 Å². The fraction of sp³-hybridized carbons (Fsp3) is 0.571. The lowest BCUT2D eigenvalue weighted by atomic mass is 10.0. The third kappa shape index (κ3) is 5.55. The van der Waals surface area contributed by atoms with Gasteiger partial charge in [-0.15, -0.1) is 0 Å². The van der Waals surface area contributed by atoms with E-state index in [1.165, 1.54) is 12.0 Å². The summed E-state index contributed by atoms with van der Waals surface area (Å²) in [6, 6.07) is 6.42. The van der Waals surface area contributed by atoms with Gasteiger partial charge in [0, 0.05) is 5.69 Å². The van der Waals surface area contributed by atoms with Crippen LogP contribution in [0.1, 0.15) is 45.1 Å². The molecule has 7 heteroatoms. The Morgan fingerprint density at radius 1 is 1.29 bits per heavy atom. The first-order valence-corrected chi connectivity index (χ1v) is 9.90. The number of aryl methyl sites for hydroxylation is 1. The van der Waals surface area contributed by atoms with E-state index in [0.29, 0.717) is 24.9 Å². The third-order valence-corrected chi connectivity index (χ3v) is 4.88. The standard InChI is InChI=1S/C21H30N2O5/c1-4-6-10-17(21(26)27-3)22-16-13-12-15-9-7-8-11-18(15)23(20(16)25)14-19(24)28-5-2/h7-9,11,16-17,22H,4-6,10,12-14H2,1-3H3. The number of benzene rings is 1. The lowest BCUT2D eigenvalue weighted by Gasteiger charge is -2.27. The lowest BCUT2D eigenvalue weighted by Crippen LogP contribution is -2.53. The van der Waals surface area contributed by atoms with E-state index >= 15 is 0 Å². The highest BCUT2D eigenvalue weighted by Gasteiger charge is 2.34. The van der Waals surface area contributed by atoms with Crippen LogP contribution >= 0.6 is 0 Å². The maximum Gasteiger partial charge on any atom is 0.326 e. The van der Waals surface area contributed by atoms with Gasteiger partial charge in [0.2, 0.25) is 5.91 Å². The van der Waals surface area contributed by atoms with Crippen molar-refractivity contribution in [3.63, 3.8) is 0 Å². The molecule has 0 bridgehead atoms. The molecule has 2 rings (SSSR count). The fourth-order valence-corrected chi connectivity index (χ4v) is 3.43.